The van der Waals surface area contributed by atoms with Gasteiger partial charge in [-0.3, -0.25) is 0 Å². The van der Waals surface area contributed by atoms with Gasteiger partial charge in [-0.1, -0.05) is 86.8 Å². The Labute approximate surface area is 159 Å². The van der Waals surface area contributed by atoms with Crippen molar-refractivity contribution >= 4 is 0 Å². The van der Waals surface area contributed by atoms with Crippen LogP contribution in [0.4, 0.5) is 0 Å². The van der Waals surface area contributed by atoms with Crippen molar-refractivity contribution in [3.8, 4) is 0 Å². The van der Waals surface area contributed by atoms with Crippen LogP contribution in [0.1, 0.15) is 100 Å². The van der Waals surface area contributed by atoms with Gasteiger partial charge in [0.1, 0.15) is 0 Å². The van der Waals surface area contributed by atoms with Crippen LogP contribution in [0.3, 0.4) is 0 Å². The molecule has 0 aliphatic carbocycles. The zero-order valence-electron chi connectivity index (χ0n) is 18.7. The first-order valence-electron chi connectivity index (χ1n) is 10.6. The van der Waals surface area contributed by atoms with Crippen molar-refractivity contribution in [2.75, 3.05) is 7.05 Å². The number of hydrogen-bond donors (Lipinski definition) is 0. The van der Waals surface area contributed by atoms with E-state index in [0.717, 1.165) is 6.42 Å². The average Bonchev–Trinajstić information content (AvgIpc) is 2.69. The highest BCUT2D eigenvalue weighted by atomic mass is 15.1. The van der Waals surface area contributed by atoms with Gasteiger partial charge >= 0.3 is 0 Å². The maximum atomic E-state index is 2.51. The highest BCUT2D eigenvalue weighted by Gasteiger charge is 2.43. The van der Waals surface area contributed by atoms with Gasteiger partial charge in [0, 0.05) is 13.1 Å². The summed E-state index contributed by atoms with van der Waals surface area (Å²) >= 11 is 0. The lowest BCUT2D eigenvalue weighted by Gasteiger charge is -2.48. The highest BCUT2D eigenvalue weighted by molar-refractivity contribution is 5.20. The van der Waals surface area contributed by atoms with E-state index in [1.54, 1.807) is 5.57 Å². The molecule has 1 heterocycles. The SMILES string of the molecule is CCCC1C=CCC(C(C)(C)CC(C)(C)C(C)(CC)CCC)=CN1C. The van der Waals surface area contributed by atoms with E-state index in [4.69, 9.17) is 0 Å². The molecule has 0 saturated carbocycles. The van der Waals surface area contributed by atoms with Crippen LogP contribution in [-0.2, 0) is 0 Å². The zero-order chi connectivity index (χ0) is 19.3. The van der Waals surface area contributed by atoms with Gasteiger partial charge in [0.15, 0.2) is 0 Å². The predicted molar refractivity (Wildman–Crippen MR) is 114 cm³/mol. The Morgan fingerprint density at radius 3 is 2.20 bits per heavy atom. The van der Waals surface area contributed by atoms with E-state index < -0.39 is 0 Å². The van der Waals surface area contributed by atoms with E-state index in [1.807, 2.05) is 0 Å². The van der Waals surface area contributed by atoms with Crippen molar-refractivity contribution < 1.29 is 0 Å². The van der Waals surface area contributed by atoms with E-state index in [1.165, 1.54) is 38.5 Å². The summed E-state index contributed by atoms with van der Waals surface area (Å²) in [5, 5.41) is 0. The van der Waals surface area contributed by atoms with Gasteiger partial charge in [-0.15, -0.1) is 0 Å². The van der Waals surface area contributed by atoms with Crippen molar-refractivity contribution in [1.82, 2.24) is 4.90 Å². The van der Waals surface area contributed by atoms with E-state index in [2.05, 4.69) is 85.7 Å². The number of likely N-dealkylation sites (N-methyl/N-ethyl adjacent to an activating group) is 1. The van der Waals surface area contributed by atoms with Crippen LogP contribution in [0.25, 0.3) is 0 Å². The van der Waals surface area contributed by atoms with Crippen LogP contribution in [-0.4, -0.2) is 18.0 Å². The number of rotatable bonds is 9. The molecule has 0 aromatic heterocycles. The summed E-state index contributed by atoms with van der Waals surface area (Å²) in [6, 6.07) is 0.562. The monoisotopic (exact) mass is 347 g/mol. The van der Waals surface area contributed by atoms with Crippen molar-refractivity contribution in [1.29, 1.82) is 0 Å². The summed E-state index contributed by atoms with van der Waals surface area (Å²) < 4.78 is 0. The maximum absolute atomic E-state index is 2.51. The summed E-state index contributed by atoms with van der Waals surface area (Å²) in [6.07, 6.45) is 16.0. The summed E-state index contributed by atoms with van der Waals surface area (Å²) in [5.41, 5.74) is 2.57. The molecule has 0 amide bonds. The van der Waals surface area contributed by atoms with Crippen LogP contribution < -0.4 is 0 Å². The molecule has 0 radical (unpaired) electrons. The van der Waals surface area contributed by atoms with Gasteiger partial charge in [0.25, 0.3) is 0 Å². The van der Waals surface area contributed by atoms with Crippen LogP contribution in [0.15, 0.2) is 23.9 Å². The Bertz CT molecular complexity index is 468. The van der Waals surface area contributed by atoms with Crippen molar-refractivity contribution in [3.63, 3.8) is 0 Å². The molecule has 0 fully saturated rings. The fraction of sp³-hybridized carbons (Fsp3) is 0.833. The minimum atomic E-state index is 0.230. The second kappa shape index (κ2) is 8.78. The Hall–Kier alpha value is -0.720. The van der Waals surface area contributed by atoms with Crippen LogP contribution in [0.5, 0.6) is 0 Å². The third kappa shape index (κ3) is 5.38. The molecule has 0 aromatic rings. The van der Waals surface area contributed by atoms with Crippen LogP contribution in [0, 0.1) is 16.2 Å². The summed E-state index contributed by atoms with van der Waals surface area (Å²) in [7, 11) is 2.25. The second-order valence-corrected chi connectivity index (χ2v) is 9.92. The van der Waals surface area contributed by atoms with Gasteiger partial charge < -0.3 is 4.90 Å². The minimum Gasteiger partial charge on any atom is -0.374 e. The molecule has 0 spiro atoms. The number of nitrogens with zero attached hydrogens (tertiary/aromatic N) is 1. The number of allylic oxidation sites excluding steroid dienone is 2. The molecule has 0 N–H and O–H groups in total. The molecule has 1 aliphatic rings. The fourth-order valence-electron chi connectivity index (χ4n) is 4.91. The minimum absolute atomic E-state index is 0.230. The van der Waals surface area contributed by atoms with Crippen molar-refractivity contribution in [2.24, 2.45) is 16.2 Å². The lowest BCUT2D eigenvalue weighted by Crippen LogP contribution is -2.39. The molecule has 0 bridgehead atoms. The Morgan fingerprint density at radius 1 is 1.04 bits per heavy atom. The molecule has 25 heavy (non-hydrogen) atoms. The molecule has 0 aromatic carbocycles. The first kappa shape index (κ1) is 22.3. The molecule has 0 saturated heterocycles. The first-order valence-corrected chi connectivity index (χ1v) is 10.6. The highest BCUT2D eigenvalue weighted by Crippen LogP contribution is 2.53. The molecule has 1 nitrogen and oxygen atoms in total. The van der Waals surface area contributed by atoms with Crippen molar-refractivity contribution in [2.45, 2.75) is 106 Å². The first-order chi connectivity index (χ1) is 11.5. The van der Waals surface area contributed by atoms with Gasteiger partial charge in [-0.25, -0.2) is 0 Å². The maximum Gasteiger partial charge on any atom is 0.0464 e. The number of hydrogen-bond acceptors (Lipinski definition) is 1. The van der Waals surface area contributed by atoms with Gasteiger partial charge in [0.2, 0.25) is 0 Å². The standard InChI is InChI=1S/C24H45N/c1-10-14-21-16-13-15-20(18-25(21)9)22(4,5)19-23(6,7)24(8,12-3)17-11-2/h13,16,18,21H,10-12,14-15,17,19H2,1-9H3. The molecule has 1 rings (SSSR count). The second-order valence-electron chi connectivity index (χ2n) is 9.92. The fourth-order valence-corrected chi connectivity index (χ4v) is 4.91. The Morgan fingerprint density at radius 2 is 1.68 bits per heavy atom. The Balaban J connectivity index is 3.03. The van der Waals surface area contributed by atoms with Gasteiger partial charge in [0.05, 0.1) is 0 Å². The van der Waals surface area contributed by atoms with Gasteiger partial charge in [-0.05, 0) is 53.7 Å². The van der Waals surface area contributed by atoms with Gasteiger partial charge in [-0.2, -0.15) is 0 Å². The summed E-state index contributed by atoms with van der Waals surface area (Å²) in [5.74, 6) is 0. The normalized spacial score (nSPS) is 21.7. The molecular formula is C24H45N. The Kier molecular flexibility index (Phi) is 7.84. The average molecular weight is 348 g/mol. The van der Waals surface area contributed by atoms with Crippen LogP contribution >= 0.6 is 0 Å². The molecule has 2 unspecified atom stereocenters. The van der Waals surface area contributed by atoms with E-state index in [9.17, 15) is 0 Å². The lowest BCUT2D eigenvalue weighted by molar-refractivity contribution is 0.0332. The summed E-state index contributed by atoms with van der Waals surface area (Å²) in [6.45, 7) is 19.4. The zero-order valence-corrected chi connectivity index (χ0v) is 18.7. The topological polar surface area (TPSA) is 3.24 Å². The largest absolute Gasteiger partial charge is 0.374 e. The molecule has 1 heteroatoms. The van der Waals surface area contributed by atoms with E-state index in [-0.39, 0.29) is 5.41 Å². The molecule has 1 aliphatic heterocycles. The smallest absolute Gasteiger partial charge is 0.0464 e. The summed E-state index contributed by atoms with van der Waals surface area (Å²) in [4.78, 5) is 2.45. The molecule has 146 valence electrons. The van der Waals surface area contributed by atoms with Crippen LogP contribution in [0.2, 0.25) is 0 Å². The third-order valence-corrected chi connectivity index (χ3v) is 7.13. The lowest BCUT2D eigenvalue weighted by atomic mass is 9.56. The third-order valence-electron chi connectivity index (χ3n) is 7.13. The van der Waals surface area contributed by atoms with Crippen molar-refractivity contribution in [3.05, 3.63) is 23.9 Å². The quantitative estimate of drug-likeness (QED) is 0.388. The van der Waals surface area contributed by atoms with E-state index >= 15 is 0 Å². The molecule has 2 atom stereocenters. The predicted octanol–water partition coefficient (Wildman–Crippen LogP) is 7.59. The molecular weight excluding hydrogens is 302 g/mol. The van der Waals surface area contributed by atoms with E-state index in [0.29, 0.717) is 16.9 Å².